The molecular formula is C16H13F5O3S. The number of hydrogen-bond donors (Lipinski definition) is 0. The molecule has 0 aromatic heterocycles. The van der Waals surface area contributed by atoms with Crippen molar-refractivity contribution < 1.29 is 34.6 Å². The molecule has 2 aromatic rings. The van der Waals surface area contributed by atoms with Crippen LogP contribution >= 0.6 is 0 Å². The Labute approximate surface area is 141 Å². The molecule has 0 saturated carbocycles. The highest BCUT2D eigenvalue weighted by molar-refractivity contribution is 7.88. The van der Waals surface area contributed by atoms with Crippen LogP contribution in [0.15, 0.2) is 36.4 Å². The predicted molar refractivity (Wildman–Crippen MR) is 81.4 cm³/mol. The number of hydrogen-bond acceptors (Lipinski definition) is 3. The van der Waals surface area contributed by atoms with E-state index in [1.165, 1.54) is 12.1 Å². The van der Waals surface area contributed by atoms with Gasteiger partial charge in [-0.3, -0.25) is 0 Å². The molecule has 2 aromatic carbocycles. The van der Waals surface area contributed by atoms with Crippen LogP contribution in [-0.2, 0) is 16.5 Å². The van der Waals surface area contributed by atoms with Crippen LogP contribution in [0.2, 0.25) is 0 Å². The Morgan fingerprint density at radius 1 is 1.00 bits per heavy atom. The zero-order valence-corrected chi connectivity index (χ0v) is 13.7. The molecule has 0 spiro atoms. The highest BCUT2D eigenvalue weighted by Gasteiger charge is 2.48. The van der Waals surface area contributed by atoms with Crippen molar-refractivity contribution in [2.75, 3.05) is 0 Å². The molecule has 0 heterocycles. The van der Waals surface area contributed by atoms with Crippen molar-refractivity contribution in [1.82, 2.24) is 0 Å². The van der Waals surface area contributed by atoms with Crippen LogP contribution in [-0.4, -0.2) is 13.9 Å². The van der Waals surface area contributed by atoms with E-state index in [-0.39, 0.29) is 11.1 Å². The molecule has 3 nitrogen and oxygen atoms in total. The lowest BCUT2D eigenvalue weighted by atomic mass is 10.0. The summed E-state index contributed by atoms with van der Waals surface area (Å²) in [6.07, 6.45) is 1.47. The second kappa shape index (κ2) is 6.99. The summed E-state index contributed by atoms with van der Waals surface area (Å²) in [6, 6.07) is 6.84. The second-order valence-corrected chi connectivity index (χ2v) is 6.73. The highest BCUT2D eigenvalue weighted by atomic mass is 32.2. The Morgan fingerprint density at radius 2 is 1.68 bits per heavy atom. The lowest BCUT2D eigenvalue weighted by Crippen LogP contribution is -2.28. The molecule has 0 bridgehead atoms. The first-order valence-corrected chi connectivity index (χ1v) is 8.55. The van der Waals surface area contributed by atoms with Crippen molar-refractivity contribution in [3.63, 3.8) is 0 Å². The van der Waals surface area contributed by atoms with Crippen molar-refractivity contribution in [2.24, 2.45) is 0 Å². The SMILES string of the molecule is CCCc1ccc(-c2ccc(OS(=O)(=O)C(F)(F)F)c(F)c2)c(F)c1. The molecule has 0 saturated heterocycles. The summed E-state index contributed by atoms with van der Waals surface area (Å²) in [5.41, 5.74) is -4.86. The molecule has 0 aliphatic heterocycles. The maximum absolute atomic E-state index is 14.1. The van der Waals surface area contributed by atoms with E-state index in [4.69, 9.17) is 0 Å². The Balaban J connectivity index is 2.34. The van der Waals surface area contributed by atoms with Gasteiger partial charge in [0.05, 0.1) is 0 Å². The fraction of sp³-hybridized carbons (Fsp3) is 0.250. The van der Waals surface area contributed by atoms with E-state index in [1.807, 2.05) is 6.92 Å². The smallest absolute Gasteiger partial charge is 0.373 e. The predicted octanol–water partition coefficient (Wildman–Crippen LogP) is 4.81. The minimum absolute atomic E-state index is 0.0315. The Morgan fingerprint density at radius 3 is 2.20 bits per heavy atom. The maximum Gasteiger partial charge on any atom is 0.534 e. The Bertz CT molecular complexity index is 876. The van der Waals surface area contributed by atoms with Crippen molar-refractivity contribution in [3.8, 4) is 16.9 Å². The normalized spacial score (nSPS) is 12.2. The van der Waals surface area contributed by atoms with E-state index in [2.05, 4.69) is 4.18 Å². The number of rotatable bonds is 5. The van der Waals surface area contributed by atoms with E-state index < -0.39 is 33.0 Å². The topological polar surface area (TPSA) is 43.4 Å². The standard InChI is InChI=1S/C16H13F5O3S/c1-2-3-10-4-6-12(13(17)8-10)11-5-7-15(14(18)9-11)24-25(22,23)16(19,20)21/h4-9H,2-3H2,1H3. The first-order valence-electron chi connectivity index (χ1n) is 7.14. The van der Waals surface area contributed by atoms with Gasteiger partial charge in [-0.15, -0.1) is 0 Å². The van der Waals surface area contributed by atoms with Gasteiger partial charge in [-0.2, -0.15) is 21.6 Å². The molecule has 25 heavy (non-hydrogen) atoms. The number of benzene rings is 2. The fourth-order valence-corrected chi connectivity index (χ4v) is 2.60. The van der Waals surface area contributed by atoms with Gasteiger partial charge in [0.1, 0.15) is 5.82 Å². The minimum atomic E-state index is -5.98. The van der Waals surface area contributed by atoms with Gasteiger partial charge < -0.3 is 4.18 Å². The molecule has 0 fully saturated rings. The third-order valence-electron chi connectivity index (χ3n) is 3.30. The summed E-state index contributed by atoms with van der Waals surface area (Å²) in [5.74, 6) is -3.10. The van der Waals surface area contributed by atoms with Gasteiger partial charge in [0.25, 0.3) is 0 Å². The third-order valence-corrected chi connectivity index (χ3v) is 4.26. The second-order valence-electron chi connectivity index (χ2n) is 5.19. The van der Waals surface area contributed by atoms with E-state index >= 15 is 0 Å². The highest BCUT2D eigenvalue weighted by Crippen LogP contribution is 2.32. The lowest BCUT2D eigenvalue weighted by molar-refractivity contribution is -0.0500. The van der Waals surface area contributed by atoms with Crippen LogP contribution in [0, 0.1) is 11.6 Å². The molecule has 0 aliphatic carbocycles. The molecule has 0 atom stereocenters. The van der Waals surface area contributed by atoms with Crippen molar-refractivity contribution >= 4 is 10.1 Å². The van der Waals surface area contributed by atoms with Gasteiger partial charge in [-0.05, 0) is 35.7 Å². The van der Waals surface area contributed by atoms with Gasteiger partial charge in [0, 0.05) is 5.56 Å². The molecule has 9 heteroatoms. The molecule has 0 N–H and O–H groups in total. The summed E-state index contributed by atoms with van der Waals surface area (Å²) in [4.78, 5) is 0. The van der Waals surface area contributed by atoms with Gasteiger partial charge in [0.15, 0.2) is 11.6 Å². The zero-order chi connectivity index (χ0) is 18.8. The Kier molecular flexibility index (Phi) is 5.36. The van der Waals surface area contributed by atoms with E-state index in [9.17, 15) is 30.4 Å². The molecular weight excluding hydrogens is 367 g/mol. The van der Waals surface area contributed by atoms with Gasteiger partial charge in [-0.25, -0.2) is 8.78 Å². The third kappa shape index (κ3) is 4.28. The molecule has 136 valence electrons. The van der Waals surface area contributed by atoms with Gasteiger partial charge in [0.2, 0.25) is 0 Å². The minimum Gasteiger partial charge on any atom is -0.373 e. The summed E-state index contributed by atoms with van der Waals surface area (Å²) in [7, 11) is -5.98. The monoisotopic (exact) mass is 380 g/mol. The largest absolute Gasteiger partial charge is 0.534 e. The van der Waals surface area contributed by atoms with E-state index in [0.29, 0.717) is 18.6 Å². The summed E-state index contributed by atoms with van der Waals surface area (Å²) in [5, 5.41) is 0. The van der Waals surface area contributed by atoms with Crippen LogP contribution < -0.4 is 4.18 Å². The molecule has 0 unspecified atom stereocenters. The van der Waals surface area contributed by atoms with E-state index in [0.717, 1.165) is 18.1 Å². The average Bonchev–Trinajstić information content (AvgIpc) is 2.49. The number of aryl methyl sites for hydroxylation is 1. The van der Waals surface area contributed by atoms with Crippen LogP contribution in [0.25, 0.3) is 11.1 Å². The van der Waals surface area contributed by atoms with Crippen LogP contribution in [0.1, 0.15) is 18.9 Å². The first-order chi connectivity index (χ1) is 11.5. The molecule has 0 amide bonds. The van der Waals surface area contributed by atoms with Crippen molar-refractivity contribution in [1.29, 1.82) is 0 Å². The Hall–Kier alpha value is -2.16. The van der Waals surface area contributed by atoms with Crippen LogP contribution in [0.4, 0.5) is 22.0 Å². The molecule has 2 rings (SSSR count). The lowest BCUT2D eigenvalue weighted by Gasteiger charge is -2.11. The zero-order valence-electron chi connectivity index (χ0n) is 12.9. The van der Waals surface area contributed by atoms with Crippen molar-refractivity contribution in [3.05, 3.63) is 53.6 Å². The first kappa shape index (κ1) is 19.2. The van der Waals surface area contributed by atoms with E-state index in [1.54, 1.807) is 6.07 Å². The maximum atomic E-state index is 14.1. The molecule has 0 aliphatic rings. The number of halogens is 5. The summed E-state index contributed by atoms with van der Waals surface area (Å²) < 4.78 is 90.4. The average molecular weight is 380 g/mol. The molecule has 0 radical (unpaired) electrons. The fourth-order valence-electron chi connectivity index (χ4n) is 2.14. The van der Waals surface area contributed by atoms with Crippen molar-refractivity contribution in [2.45, 2.75) is 25.3 Å². The summed E-state index contributed by atoms with van der Waals surface area (Å²) in [6.45, 7) is 1.93. The van der Waals surface area contributed by atoms with Gasteiger partial charge >= 0.3 is 15.6 Å². The van der Waals surface area contributed by atoms with Crippen LogP contribution in [0.3, 0.4) is 0 Å². The number of alkyl halides is 3. The summed E-state index contributed by atoms with van der Waals surface area (Å²) >= 11 is 0. The quantitative estimate of drug-likeness (QED) is 0.425. The van der Waals surface area contributed by atoms with Crippen LogP contribution in [0.5, 0.6) is 5.75 Å². The van der Waals surface area contributed by atoms with Gasteiger partial charge in [-0.1, -0.05) is 31.5 Å².